The molecule has 0 spiro atoms. The van der Waals surface area contributed by atoms with Gasteiger partial charge in [0, 0.05) is 5.56 Å². The zero-order valence-corrected chi connectivity index (χ0v) is 11.4. The summed E-state index contributed by atoms with van der Waals surface area (Å²) in [4.78, 5) is 22.6. The Hall–Kier alpha value is -2.89. The van der Waals surface area contributed by atoms with Crippen molar-refractivity contribution in [3.05, 3.63) is 42.0 Å². The molecule has 0 saturated carbocycles. The summed E-state index contributed by atoms with van der Waals surface area (Å²) in [6.45, 7) is -0.0670. The van der Waals surface area contributed by atoms with Gasteiger partial charge < -0.3 is 4.74 Å². The van der Waals surface area contributed by atoms with E-state index in [2.05, 4.69) is 10.4 Å². The minimum atomic E-state index is -0.518. The van der Waals surface area contributed by atoms with E-state index in [9.17, 15) is 9.59 Å². The highest BCUT2D eigenvalue weighted by Crippen LogP contribution is 2.26. The lowest BCUT2D eigenvalue weighted by Gasteiger charge is -2.10. The van der Waals surface area contributed by atoms with Crippen LogP contribution in [0.5, 0.6) is 5.75 Å². The fourth-order valence-corrected chi connectivity index (χ4v) is 2.24. The van der Waals surface area contributed by atoms with Gasteiger partial charge in [-0.15, -0.1) is 0 Å². The predicted molar refractivity (Wildman–Crippen MR) is 78.3 cm³/mol. The van der Waals surface area contributed by atoms with Crippen molar-refractivity contribution in [1.29, 1.82) is 0 Å². The lowest BCUT2D eigenvalue weighted by Crippen LogP contribution is -2.24. The zero-order valence-electron chi connectivity index (χ0n) is 11.4. The molecule has 21 heavy (non-hydrogen) atoms. The van der Waals surface area contributed by atoms with Gasteiger partial charge in [0.25, 0.3) is 0 Å². The highest BCUT2D eigenvalue weighted by Gasteiger charge is 2.26. The van der Waals surface area contributed by atoms with Gasteiger partial charge >= 0.3 is 6.03 Å². The van der Waals surface area contributed by atoms with Crippen molar-refractivity contribution in [3.63, 3.8) is 0 Å². The molecular weight excluding hydrogens is 270 g/mol. The topological polar surface area (TPSA) is 71.0 Å². The summed E-state index contributed by atoms with van der Waals surface area (Å²) in [5, 5.41) is 9.35. The number of methoxy groups -OCH3 is 1. The van der Waals surface area contributed by atoms with E-state index in [-0.39, 0.29) is 12.5 Å². The van der Waals surface area contributed by atoms with E-state index in [4.69, 9.17) is 4.74 Å². The minimum Gasteiger partial charge on any atom is -0.496 e. The Morgan fingerprint density at radius 1 is 1.24 bits per heavy atom. The standard InChI is InChI=1S/C15H13N3O3/c1-21-13-7-6-10-4-2-3-5-11(10)12(13)8-16-18-9-14(19)17-15(18)20/h2-8H,9H2,1H3,(H,17,19,20)/b16-8-. The van der Waals surface area contributed by atoms with Crippen molar-refractivity contribution in [2.75, 3.05) is 13.7 Å². The normalized spacial score (nSPS) is 15.0. The number of nitrogens with zero attached hydrogens (tertiary/aromatic N) is 2. The maximum Gasteiger partial charge on any atom is 0.344 e. The number of urea groups is 1. The van der Waals surface area contributed by atoms with Crippen molar-refractivity contribution >= 4 is 28.9 Å². The van der Waals surface area contributed by atoms with Gasteiger partial charge in [0.05, 0.1) is 13.3 Å². The Morgan fingerprint density at radius 3 is 2.76 bits per heavy atom. The van der Waals surface area contributed by atoms with Gasteiger partial charge in [0.1, 0.15) is 12.3 Å². The van der Waals surface area contributed by atoms with Crippen LogP contribution < -0.4 is 10.1 Å². The number of imide groups is 1. The lowest BCUT2D eigenvalue weighted by atomic mass is 10.0. The molecule has 6 nitrogen and oxygen atoms in total. The number of ether oxygens (including phenoxy) is 1. The Morgan fingerprint density at radius 2 is 2.05 bits per heavy atom. The van der Waals surface area contributed by atoms with E-state index in [1.807, 2.05) is 36.4 Å². The quantitative estimate of drug-likeness (QED) is 0.689. The largest absolute Gasteiger partial charge is 0.496 e. The highest BCUT2D eigenvalue weighted by atomic mass is 16.5. The second kappa shape index (κ2) is 5.24. The first-order chi connectivity index (χ1) is 10.2. The van der Waals surface area contributed by atoms with Crippen molar-refractivity contribution < 1.29 is 14.3 Å². The molecule has 0 radical (unpaired) electrons. The first-order valence-corrected chi connectivity index (χ1v) is 6.40. The molecule has 0 atom stereocenters. The van der Waals surface area contributed by atoms with E-state index in [1.165, 1.54) is 0 Å². The molecule has 106 valence electrons. The second-order valence-corrected chi connectivity index (χ2v) is 4.56. The summed E-state index contributed by atoms with van der Waals surface area (Å²) < 4.78 is 5.34. The second-order valence-electron chi connectivity index (χ2n) is 4.56. The maximum absolute atomic E-state index is 11.5. The molecule has 0 aromatic heterocycles. The Balaban J connectivity index is 2.03. The van der Waals surface area contributed by atoms with Crippen molar-refractivity contribution in [1.82, 2.24) is 10.3 Å². The predicted octanol–water partition coefficient (Wildman–Crippen LogP) is 1.73. The van der Waals surface area contributed by atoms with Crippen molar-refractivity contribution in [2.24, 2.45) is 5.10 Å². The van der Waals surface area contributed by atoms with Crippen molar-refractivity contribution in [2.45, 2.75) is 0 Å². The molecule has 1 fully saturated rings. The molecule has 0 bridgehead atoms. The molecule has 0 unspecified atom stereocenters. The molecule has 1 saturated heterocycles. The van der Waals surface area contributed by atoms with Crippen molar-refractivity contribution in [3.8, 4) is 5.75 Å². The fourth-order valence-electron chi connectivity index (χ4n) is 2.24. The van der Waals surface area contributed by atoms with Gasteiger partial charge in [0.15, 0.2) is 0 Å². The van der Waals surface area contributed by atoms with Crippen LogP contribution >= 0.6 is 0 Å². The van der Waals surface area contributed by atoms with E-state index < -0.39 is 6.03 Å². The van der Waals surface area contributed by atoms with Crippen LogP contribution in [0.1, 0.15) is 5.56 Å². The third kappa shape index (κ3) is 2.43. The summed E-state index contributed by atoms with van der Waals surface area (Å²) >= 11 is 0. The number of carbonyl (C=O) groups excluding carboxylic acids is 2. The monoisotopic (exact) mass is 283 g/mol. The maximum atomic E-state index is 11.5. The average molecular weight is 283 g/mol. The van der Waals surface area contributed by atoms with Gasteiger partial charge in [-0.25, -0.2) is 9.80 Å². The first kappa shape index (κ1) is 13.1. The fraction of sp³-hybridized carbons (Fsp3) is 0.133. The SMILES string of the molecule is COc1ccc2ccccc2c1/C=N\N1CC(=O)NC1=O. The minimum absolute atomic E-state index is 0.0670. The Kier molecular flexibility index (Phi) is 3.27. The van der Waals surface area contributed by atoms with Crippen LogP contribution in [0.2, 0.25) is 0 Å². The van der Waals surface area contributed by atoms with Crippen LogP contribution in [0.15, 0.2) is 41.5 Å². The highest BCUT2D eigenvalue weighted by molar-refractivity contribution is 6.04. The van der Waals surface area contributed by atoms with Crippen LogP contribution in [-0.2, 0) is 4.79 Å². The molecule has 1 aliphatic rings. The molecule has 2 aromatic carbocycles. The van der Waals surface area contributed by atoms with Gasteiger partial charge in [0.2, 0.25) is 5.91 Å². The summed E-state index contributed by atoms with van der Waals surface area (Å²) in [6, 6.07) is 11.1. The molecule has 3 rings (SSSR count). The van der Waals surface area contributed by atoms with Crippen LogP contribution in [-0.4, -0.2) is 36.8 Å². The molecule has 6 heteroatoms. The van der Waals surface area contributed by atoms with Crippen LogP contribution in [0.3, 0.4) is 0 Å². The third-order valence-electron chi connectivity index (χ3n) is 3.25. The first-order valence-electron chi connectivity index (χ1n) is 6.40. The number of benzene rings is 2. The van der Waals surface area contributed by atoms with E-state index in [0.717, 1.165) is 21.3 Å². The number of hydrazone groups is 1. The molecule has 1 aliphatic heterocycles. The van der Waals surface area contributed by atoms with Crippen LogP contribution in [0.4, 0.5) is 4.79 Å². The number of nitrogens with one attached hydrogen (secondary N) is 1. The van der Waals surface area contributed by atoms with E-state index >= 15 is 0 Å². The number of amides is 3. The number of fused-ring (bicyclic) bond motifs is 1. The molecular formula is C15H13N3O3. The summed E-state index contributed by atoms with van der Waals surface area (Å²) in [7, 11) is 1.58. The molecule has 0 aliphatic carbocycles. The van der Waals surface area contributed by atoms with Crippen LogP contribution in [0.25, 0.3) is 10.8 Å². The molecule has 3 amide bonds. The molecule has 1 heterocycles. The average Bonchev–Trinajstić information content (AvgIpc) is 2.82. The van der Waals surface area contributed by atoms with Gasteiger partial charge in [-0.1, -0.05) is 30.3 Å². The number of rotatable bonds is 3. The number of hydrogen-bond acceptors (Lipinski definition) is 4. The smallest absolute Gasteiger partial charge is 0.344 e. The van der Waals surface area contributed by atoms with E-state index in [0.29, 0.717) is 5.75 Å². The Labute approximate surface area is 121 Å². The summed E-state index contributed by atoms with van der Waals surface area (Å²) in [6.07, 6.45) is 1.54. The number of hydrogen-bond donors (Lipinski definition) is 1. The van der Waals surface area contributed by atoms with E-state index in [1.54, 1.807) is 13.3 Å². The van der Waals surface area contributed by atoms with Crippen LogP contribution in [0, 0.1) is 0 Å². The Bertz CT molecular complexity index is 755. The number of carbonyl (C=O) groups is 2. The van der Waals surface area contributed by atoms with Gasteiger partial charge in [-0.05, 0) is 16.8 Å². The lowest BCUT2D eigenvalue weighted by molar-refractivity contribution is -0.118. The van der Waals surface area contributed by atoms with Gasteiger partial charge in [-0.2, -0.15) is 5.10 Å². The summed E-state index contributed by atoms with van der Waals surface area (Å²) in [5.41, 5.74) is 0.766. The molecule has 1 N–H and O–H groups in total. The zero-order chi connectivity index (χ0) is 14.8. The molecule has 2 aromatic rings. The van der Waals surface area contributed by atoms with Gasteiger partial charge in [-0.3, -0.25) is 10.1 Å². The summed E-state index contributed by atoms with van der Waals surface area (Å²) in [5.74, 6) is 0.297. The third-order valence-corrected chi connectivity index (χ3v) is 3.25.